The van der Waals surface area contributed by atoms with Gasteiger partial charge in [-0.05, 0) is 5.56 Å². The molecule has 0 radical (unpaired) electrons. The average Bonchev–Trinajstić information content (AvgIpc) is 2.80. The van der Waals surface area contributed by atoms with Crippen molar-refractivity contribution in [3.8, 4) is 0 Å². The summed E-state index contributed by atoms with van der Waals surface area (Å²) < 4.78 is 0. The van der Waals surface area contributed by atoms with E-state index in [0.717, 1.165) is 9.80 Å². The maximum Gasteiger partial charge on any atom is 0.317 e. The van der Waals surface area contributed by atoms with Crippen LogP contribution in [0.4, 0.5) is 0 Å². The second-order valence-electron chi connectivity index (χ2n) is 8.62. The van der Waals surface area contributed by atoms with E-state index >= 15 is 0 Å². The van der Waals surface area contributed by atoms with Gasteiger partial charge in [0.2, 0.25) is 5.91 Å². The lowest BCUT2D eigenvalue weighted by Gasteiger charge is -2.46. The molecule has 0 fully saturated rings. The van der Waals surface area contributed by atoms with Crippen LogP contribution in [0.5, 0.6) is 0 Å². The van der Waals surface area contributed by atoms with Crippen LogP contribution in [0.3, 0.4) is 0 Å². The number of nitrogens with zero attached hydrogens (tertiary/aromatic N) is 3. The van der Waals surface area contributed by atoms with E-state index in [1.165, 1.54) is 4.90 Å². The van der Waals surface area contributed by atoms with E-state index < -0.39 is 80.7 Å². The van der Waals surface area contributed by atoms with Gasteiger partial charge in [-0.15, -0.1) is 0 Å². The van der Waals surface area contributed by atoms with Gasteiger partial charge in [-0.3, -0.25) is 43.5 Å². The molecule has 0 aliphatic rings. The van der Waals surface area contributed by atoms with Crippen LogP contribution in [0.2, 0.25) is 0 Å². The normalized spacial score (nSPS) is 12.7. The number of carboxylic acid groups (broad SMARTS) is 5. The predicted molar refractivity (Wildman–Crippen MR) is 137 cm³/mol. The summed E-state index contributed by atoms with van der Waals surface area (Å²) in [6, 6.07) is 8.39. The molecule has 0 heterocycles. The van der Waals surface area contributed by atoms with Gasteiger partial charge in [0.25, 0.3) is 0 Å². The van der Waals surface area contributed by atoms with Gasteiger partial charge in [-0.2, -0.15) is 0 Å². The number of alkyl halides is 1. The number of carboxylic acids is 5. The number of aliphatic carboxylic acids is 5. The Morgan fingerprint density at radius 1 is 0.692 bits per heavy atom. The molecule has 15 nitrogen and oxygen atoms in total. The van der Waals surface area contributed by atoms with E-state index in [9.17, 15) is 44.1 Å². The lowest BCUT2D eigenvalue weighted by Crippen LogP contribution is -2.69. The molecule has 0 spiro atoms. The molecule has 1 rings (SSSR count). The summed E-state index contributed by atoms with van der Waals surface area (Å²) in [4.78, 5) is 73.6. The Morgan fingerprint density at radius 2 is 1.13 bits per heavy atom. The Labute approximate surface area is 231 Å². The summed E-state index contributed by atoms with van der Waals surface area (Å²) in [5.41, 5.74) is -1.19. The molecule has 0 aliphatic heterocycles. The molecule has 39 heavy (non-hydrogen) atoms. The van der Waals surface area contributed by atoms with Gasteiger partial charge in [0.05, 0.1) is 38.1 Å². The first-order valence-corrected chi connectivity index (χ1v) is 12.6. The van der Waals surface area contributed by atoms with Crippen LogP contribution in [0.1, 0.15) is 5.56 Å². The molecule has 1 unspecified atom stereocenters. The number of hydrogen-bond acceptors (Lipinski definition) is 9. The van der Waals surface area contributed by atoms with E-state index in [4.69, 9.17) is 10.2 Å². The molecule has 6 N–H and O–H groups in total. The van der Waals surface area contributed by atoms with Crippen LogP contribution >= 0.6 is 15.9 Å². The molecule has 0 aromatic heterocycles. The average molecular weight is 619 g/mol. The van der Waals surface area contributed by atoms with E-state index in [1.54, 1.807) is 30.3 Å². The monoisotopic (exact) mass is 618 g/mol. The second kappa shape index (κ2) is 16.4. The first-order valence-electron chi connectivity index (χ1n) is 11.5. The van der Waals surface area contributed by atoms with Gasteiger partial charge < -0.3 is 30.8 Å². The summed E-state index contributed by atoms with van der Waals surface area (Å²) >= 11 is 3.02. The van der Waals surface area contributed by atoms with Crippen LogP contribution in [-0.2, 0) is 35.2 Å². The molecule has 0 saturated carbocycles. The van der Waals surface area contributed by atoms with Gasteiger partial charge in [0.1, 0.15) is 5.66 Å². The highest BCUT2D eigenvalue weighted by Crippen LogP contribution is 2.22. The Hall–Kier alpha value is -3.60. The number of amides is 1. The van der Waals surface area contributed by atoms with E-state index in [1.807, 2.05) is 0 Å². The minimum Gasteiger partial charge on any atom is -0.480 e. The van der Waals surface area contributed by atoms with Crippen LogP contribution in [0.15, 0.2) is 30.3 Å². The van der Waals surface area contributed by atoms with Gasteiger partial charge in [-0.1, -0.05) is 46.3 Å². The standard InChI is InChI=1S/C23H31BrN4O11/c24-9-17(29)25-23(8-16-4-2-1-3-5-16,28(13-21(36)37)14-22(38)39)15-27(12-20(34)35)7-6-26(10-18(30)31)11-19(32)33/h1-5H,6-15H2,(H,25,29)(H,30,31)(H,32,33)(H,34,35)(H,36,37)(H,38,39). The minimum atomic E-state index is -1.76. The Morgan fingerprint density at radius 3 is 1.56 bits per heavy atom. The highest BCUT2D eigenvalue weighted by molar-refractivity contribution is 9.09. The number of rotatable bonds is 20. The van der Waals surface area contributed by atoms with Crippen molar-refractivity contribution in [2.45, 2.75) is 12.1 Å². The maximum absolute atomic E-state index is 12.7. The van der Waals surface area contributed by atoms with E-state index in [-0.39, 0.29) is 24.8 Å². The number of carbonyl (C=O) groups is 6. The SMILES string of the molecule is O=C(O)CN(CCN(CC(=O)O)CC(Cc1ccccc1)(NC(=O)CBr)N(CC(=O)O)CC(=O)O)CC(=O)O. The molecule has 1 aromatic carbocycles. The Balaban J connectivity index is 3.59. The molecule has 1 amide bonds. The fourth-order valence-corrected chi connectivity index (χ4v) is 4.14. The highest BCUT2D eigenvalue weighted by Gasteiger charge is 2.42. The van der Waals surface area contributed by atoms with Crippen molar-refractivity contribution in [3.63, 3.8) is 0 Å². The lowest BCUT2D eigenvalue weighted by molar-refractivity contribution is -0.150. The zero-order valence-electron chi connectivity index (χ0n) is 20.9. The molecule has 1 atom stereocenters. The molecule has 0 aliphatic carbocycles. The largest absolute Gasteiger partial charge is 0.480 e. The van der Waals surface area contributed by atoms with Crippen LogP contribution in [-0.4, -0.2) is 139 Å². The third-order valence-corrected chi connectivity index (χ3v) is 5.89. The first kappa shape index (κ1) is 33.4. The van der Waals surface area contributed by atoms with Crippen LogP contribution in [0, 0.1) is 0 Å². The van der Waals surface area contributed by atoms with Crippen molar-refractivity contribution in [2.75, 3.05) is 57.7 Å². The maximum atomic E-state index is 12.7. The predicted octanol–water partition coefficient (Wildman–Crippen LogP) is -1.23. The van der Waals surface area contributed by atoms with Crippen molar-refractivity contribution in [3.05, 3.63) is 35.9 Å². The third-order valence-electron chi connectivity index (χ3n) is 5.38. The zero-order valence-corrected chi connectivity index (χ0v) is 22.4. The van der Waals surface area contributed by atoms with Crippen LogP contribution < -0.4 is 5.32 Å². The summed E-state index contributed by atoms with van der Waals surface area (Å²) in [6.07, 6.45) is -0.128. The molecule has 1 aromatic rings. The van der Waals surface area contributed by atoms with Crippen molar-refractivity contribution < 1.29 is 54.3 Å². The number of benzene rings is 1. The number of nitrogens with one attached hydrogen (secondary N) is 1. The molecule has 0 bridgehead atoms. The number of halogens is 1. The topological polar surface area (TPSA) is 225 Å². The van der Waals surface area contributed by atoms with E-state index in [2.05, 4.69) is 21.2 Å². The molecular weight excluding hydrogens is 588 g/mol. The fraction of sp³-hybridized carbons (Fsp3) is 0.478. The summed E-state index contributed by atoms with van der Waals surface area (Å²) in [5.74, 6) is -7.38. The highest BCUT2D eigenvalue weighted by atomic mass is 79.9. The molecule has 216 valence electrons. The smallest absolute Gasteiger partial charge is 0.317 e. The van der Waals surface area contributed by atoms with Crippen molar-refractivity contribution in [2.24, 2.45) is 0 Å². The number of carbonyl (C=O) groups excluding carboxylic acids is 1. The summed E-state index contributed by atoms with van der Waals surface area (Å²) in [7, 11) is 0. The minimum absolute atomic E-state index is 0.128. The van der Waals surface area contributed by atoms with Crippen molar-refractivity contribution in [1.82, 2.24) is 20.0 Å². The Bertz CT molecular complexity index is 995. The van der Waals surface area contributed by atoms with Crippen molar-refractivity contribution in [1.29, 1.82) is 0 Å². The van der Waals surface area contributed by atoms with E-state index in [0.29, 0.717) is 5.56 Å². The lowest BCUT2D eigenvalue weighted by atomic mass is 9.95. The summed E-state index contributed by atoms with van der Waals surface area (Å²) in [5, 5.41) is 49.3. The zero-order chi connectivity index (χ0) is 29.6. The third kappa shape index (κ3) is 13.2. The molecular formula is C23H31BrN4O11. The van der Waals surface area contributed by atoms with Crippen LogP contribution in [0.25, 0.3) is 0 Å². The van der Waals surface area contributed by atoms with Gasteiger partial charge >= 0.3 is 29.8 Å². The summed E-state index contributed by atoms with van der Waals surface area (Å²) in [6.45, 7) is -4.43. The van der Waals surface area contributed by atoms with Gasteiger partial charge in [-0.25, -0.2) is 0 Å². The molecule has 16 heteroatoms. The first-order chi connectivity index (χ1) is 18.3. The number of hydrogen-bond donors (Lipinski definition) is 6. The van der Waals surface area contributed by atoms with Gasteiger partial charge in [0, 0.05) is 26.1 Å². The fourth-order valence-electron chi connectivity index (χ4n) is 4.00. The van der Waals surface area contributed by atoms with Crippen molar-refractivity contribution >= 4 is 51.7 Å². The Kier molecular flexibility index (Phi) is 14.0. The van der Waals surface area contributed by atoms with Gasteiger partial charge in [0.15, 0.2) is 0 Å². The quantitative estimate of drug-likeness (QED) is 0.0742. The second-order valence-corrected chi connectivity index (χ2v) is 9.18. The molecule has 0 saturated heterocycles.